The number of rotatable bonds is 6. The summed E-state index contributed by atoms with van der Waals surface area (Å²) in [6.07, 6.45) is 6.24. The van der Waals surface area contributed by atoms with Crippen molar-refractivity contribution in [1.29, 1.82) is 0 Å². The second kappa shape index (κ2) is 8.07. The Bertz CT molecular complexity index is 926. The Morgan fingerprint density at radius 3 is 2.70 bits per heavy atom. The molecule has 142 valence electrons. The first kappa shape index (κ1) is 18.7. The number of aromatic nitrogens is 4. The maximum Gasteiger partial charge on any atom is 0.320 e. The van der Waals surface area contributed by atoms with E-state index in [-0.39, 0.29) is 12.1 Å². The first-order valence-electron chi connectivity index (χ1n) is 9.10. The smallest absolute Gasteiger partial charge is 0.320 e. The van der Waals surface area contributed by atoms with Crippen LogP contribution in [-0.4, -0.2) is 25.6 Å². The summed E-state index contributed by atoms with van der Waals surface area (Å²) in [5.74, 6) is 0.704. The van der Waals surface area contributed by atoms with Crippen LogP contribution in [0.3, 0.4) is 0 Å². The van der Waals surface area contributed by atoms with E-state index in [1.165, 1.54) is 5.56 Å². The van der Waals surface area contributed by atoms with Crippen LogP contribution >= 0.6 is 0 Å². The molecule has 0 aliphatic rings. The van der Waals surface area contributed by atoms with Gasteiger partial charge in [-0.25, -0.2) is 9.48 Å². The fourth-order valence-electron chi connectivity index (χ4n) is 3.09. The zero-order valence-corrected chi connectivity index (χ0v) is 16.2. The average molecular weight is 366 g/mol. The van der Waals surface area contributed by atoms with Crippen LogP contribution in [-0.2, 0) is 13.6 Å². The highest BCUT2D eigenvalue weighted by Crippen LogP contribution is 2.18. The molecule has 3 aromatic rings. The molecule has 0 aliphatic heterocycles. The lowest BCUT2D eigenvalue weighted by molar-refractivity contribution is 0.248. The Hall–Kier alpha value is -3.09. The summed E-state index contributed by atoms with van der Waals surface area (Å²) in [6, 6.07) is 7.93. The van der Waals surface area contributed by atoms with Crippen molar-refractivity contribution in [2.45, 2.75) is 39.8 Å². The molecule has 0 bridgehead atoms. The fourth-order valence-corrected chi connectivity index (χ4v) is 3.09. The highest BCUT2D eigenvalue weighted by atomic mass is 16.2. The van der Waals surface area contributed by atoms with Gasteiger partial charge in [-0.15, -0.1) is 0 Å². The second-order valence-corrected chi connectivity index (χ2v) is 6.83. The van der Waals surface area contributed by atoms with Crippen LogP contribution in [0.5, 0.6) is 0 Å². The van der Waals surface area contributed by atoms with Crippen molar-refractivity contribution in [3.8, 4) is 0 Å². The Labute approximate surface area is 159 Å². The zero-order chi connectivity index (χ0) is 19.4. The number of anilines is 1. The van der Waals surface area contributed by atoms with Gasteiger partial charge >= 0.3 is 6.03 Å². The van der Waals surface area contributed by atoms with Gasteiger partial charge in [-0.2, -0.15) is 10.2 Å². The minimum Gasteiger partial charge on any atom is -0.331 e. The van der Waals surface area contributed by atoms with E-state index < -0.39 is 0 Å². The normalized spacial score (nSPS) is 12.0. The number of nitrogens with zero attached hydrogens (tertiary/aromatic N) is 4. The molecule has 0 spiro atoms. The molecule has 0 saturated carbocycles. The number of amides is 2. The van der Waals surface area contributed by atoms with Crippen molar-refractivity contribution in [1.82, 2.24) is 24.9 Å². The van der Waals surface area contributed by atoms with E-state index in [1.807, 2.05) is 37.8 Å². The average Bonchev–Trinajstić information content (AvgIpc) is 3.20. The predicted octanol–water partition coefficient (Wildman–Crippen LogP) is 3.55. The minimum absolute atomic E-state index is 0.0906. The SMILES string of the molecule is CCC(NC(=O)Nc1c(C)cnn1Cc1cccc(C)c1)c1cnn(C)c1. The van der Waals surface area contributed by atoms with Gasteiger partial charge in [-0.1, -0.05) is 36.8 Å². The third kappa shape index (κ3) is 4.55. The molecule has 7 heteroatoms. The van der Waals surface area contributed by atoms with E-state index >= 15 is 0 Å². The first-order chi connectivity index (χ1) is 13.0. The Morgan fingerprint density at radius 1 is 1.22 bits per heavy atom. The van der Waals surface area contributed by atoms with Crippen LogP contribution in [0.1, 0.15) is 41.6 Å². The maximum absolute atomic E-state index is 12.6. The monoisotopic (exact) mass is 366 g/mol. The summed E-state index contributed by atoms with van der Waals surface area (Å²) >= 11 is 0. The van der Waals surface area contributed by atoms with Crippen molar-refractivity contribution < 1.29 is 4.79 Å². The van der Waals surface area contributed by atoms with Gasteiger partial charge in [0.05, 0.1) is 25.0 Å². The molecule has 1 unspecified atom stereocenters. The van der Waals surface area contributed by atoms with E-state index in [0.717, 1.165) is 23.1 Å². The highest BCUT2D eigenvalue weighted by molar-refractivity contribution is 5.89. The van der Waals surface area contributed by atoms with Crippen LogP contribution in [0.2, 0.25) is 0 Å². The molecule has 3 rings (SSSR count). The molecule has 0 saturated heterocycles. The molecule has 7 nitrogen and oxygen atoms in total. The second-order valence-electron chi connectivity index (χ2n) is 6.83. The molecule has 2 aromatic heterocycles. The number of aryl methyl sites for hydroxylation is 3. The van der Waals surface area contributed by atoms with Gasteiger partial charge in [0.15, 0.2) is 0 Å². The lowest BCUT2D eigenvalue weighted by atomic mass is 10.1. The molecule has 0 aliphatic carbocycles. The molecule has 27 heavy (non-hydrogen) atoms. The number of urea groups is 1. The van der Waals surface area contributed by atoms with Crippen molar-refractivity contribution in [3.05, 3.63) is 65.1 Å². The lowest BCUT2D eigenvalue weighted by Gasteiger charge is -2.17. The molecule has 0 radical (unpaired) electrons. The lowest BCUT2D eigenvalue weighted by Crippen LogP contribution is -2.33. The van der Waals surface area contributed by atoms with Crippen LogP contribution in [0.25, 0.3) is 0 Å². The van der Waals surface area contributed by atoms with Crippen LogP contribution in [0.4, 0.5) is 10.6 Å². The number of nitrogens with one attached hydrogen (secondary N) is 2. The van der Waals surface area contributed by atoms with Crippen LogP contribution < -0.4 is 10.6 Å². The van der Waals surface area contributed by atoms with Gasteiger partial charge in [-0.3, -0.25) is 10.00 Å². The summed E-state index contributed by atoms with van der Waals surface area (Å²) in [4.78, 5) is 12.6. The van der Waals surface area contributed by atoms with Crippen molar-refractivity contribution in [2.24, 2.45) is 7.05 Å². The van der Waals surface area contributed by atoms with Gasteiger partial charge in [-0.05, 0) is 25.8 Å². The van der Waals surface area contributed by atoms with E-state index in [9.17, 15) is 4.79 Å². The number of hydrogen-bond acceptors (Lipinski definition) is 3. The van der Waals surface area contributed by atoms with Crippen LogP contribution in [0.15, 0.2) is 42.9 Å². The van der Waals surface area contributed by atoms with Crippen molar-refractivity contribution in [2.75, 3.05) is 5.32 Å². The molecule has 2 amide bonds. The fraction of sp³-hybridized carbons (Fsp3) is 0.350. The number of benzene rings is 1. The summed E-state index contributed by atoms with van der Waals surface area (Å²) in [5.41, 5.74) is 4.25. The quantitative estimate of drug-likeness (QED) is 0.700. The number of carbonyl (C=O) groups excluding carboxylic acids is 1. The molecular weight excluding hydrogens is 340 g/mol. The topological polar surface area (TPSA) is 76.8 Å². The number of hydrogen-bond donors (Lipinski definition) is 2. The molecule has 1 aromatic carbocycles. The van der Waals surface area contributed by atoms with Crippen molar-refractivity contribution in [3.63, 3.8) is 0 Å². The van der Waals surface area contributed by atoms with E-state index in [1.54, 1.807) is 17.1 Å². The van der Waals surface area contributed by atoms with Crippen LogP contribution in [0, 0.1) is 13.8 Å². The standard InChI is InChI=1S/C20H26N6O/c1-5-18(17-11-21-25(4)13-17)23-20(27)24-19-15(3)10-22-26(19)12-16-8-6-7-14(2)9-16/h6-11,13,18H,5,12H2,1-4H3,(H2,23,24,27). The third-order valence-electron chi connectivity index (χ3n) is 4.51. The van der Waals surface area contributed by atoms with Gasteiger partial charge in [0.2, 0.25) is 0 Å². The Kier molecular flexibility index (Phi) is 5.59. The minimum atomic E-state index is -0.250. The van der Waals surface area contributed by atoms with Crippen molar-refractivity contribution >= 4 is 11.8 Å². The molecular formula is C20H26N6O. The highest BCUT2D eigenvalue weighted by Gasteiger charge is 2.17. The Balaban J connectivity index is 1.71. The zero-order valence-electron chi connectivity index (χ0n) is 16.2. The number of carbonyl (C=O) groups is 1. The maximum atomic E-state index is 12.6. The van der Waals surface area contributed by atoms with Gasteiger partial charge < -0.3 is 5.32 Å². The predicted molar refractivity (Wildman–Crippen MR) is 106 cm³/mol. The Morgan fingerprint density at radius 2 is 2.04 bits per heavy atom. The van der Waals surface area contributed by atoms with Gasteiger partial charge in [0, 0.05) is 24.4 Å². The molecule has 0 fully saturated rings. The van der Waals surface area contributed by atoms with Gasteiger partial charge in [0.25, 0.3) is 0 Å². The van der Waals surface area contributed by atoms with E-state index in [0.29, 0.717) is 12.4 Å². The summed E-state index contributed by atoms with van der Waals surface area (Å²) < 4.78 is 3.55. The summed E-state index contributed by atoms with van der Waals surface area (Å²) in [5, 5.41) is 14.6. The molecule has 1 atom stereocenters. The van der Waals surface area contributed by atoms with E-state index in [2.05, 4.69) is 46.0 Å². The summed E-state index contributed by atoms with van der Waals surface area (Å²) in [6.45, 7) is 6.64. The third-order valence-corrected chi connectivity index (χ3v) is 4.51. The molecule has 2 heterocycles. The van der Waals surface area contributed by atoms with Gasteiger partial charge in [0.1, 0.15) is 5.82 Å². The first-order valence-corrected chi connectivity index (χ1v) is 9.10. The molecule has 2 N–H and O–H groups in total. The largest absolute Gasteiger partial charge is 0.331 e. The summed E-state index contributed by atoms with van der Waals surface area (Å²) in [7, 11) is 1.86. The van der Waals surface area contributed by atoms with E-state index in [4.69, 9.17) is 0 Å².